The third-order valence-electron chi connectivity index (χ3n) is 1.37. The Kier molecular flexibility index (Phi) is 4.55. The van der Waals surface area contributed by atoms with E-state index in [2.05, 4.69) is 0 Å². The van der Waals surface area contributed by atoms with Crippen molar-refractivity contribution in [3.8, 4) is 0 Å². The predicted molar refractivity (Wildman–Crippen MR) is 37.4 cm³/mol. The summed E-state index contributed by atoms with van der Waals surface area (Å²) in [7, 11) is 0. The van der Waals surface area contributed by atoms with Crippen molar-refractivity contribution in [1.29, 1.82) is 0 Å². The smallest absolute Gasteiger partial charge is 0.0786 e. The van der Waals surface area contributed by atoms with E-state index in [9.17, 15) is 0 Å². The molecule has 0 aromatic carbocycles. The van der Waals surface area contributed by atoms with Crippen LogP contribution in [0.3, 0.4) is 0 Å². The van der Waals surface area contributed by atoms with Gasteiger partial charge in [-0.3, -0.25) is 0 Å². The summed E-state index contributed by atoms with van der Waals surface area (Å²) < 4.78 is 0. The number of rotatable bonds is 4. The second-order valence-electron chi connectivity index (χ2n) is 2.48. The zero-order valence-corrected chi connectivity index (χ0v) is 6.07. The summed E-state index contributed by atoms with van der Waals surface area (Å²) in [5.41, 5.74) is 5.37. The zero-order chi connectivity index (χ0) is 8.15. The van der Waals surface area contributed by atoms with Crippen molar-refractivity contribution in [2.75, 3.05) is 6.61 Å². The lowest BCUT2D eigenvalue weighted by atomic mass is 10.1. The highest BCUT2D eigenvalue weighted by atomic mass is 16.3. The van der Waals surface area contributed by atoms with Crippen LogP contribution in [0.5, 0.6) is 0 Å². The van der Waals surface area contributed by atoms with Crippen LogP contribution in [0.1, 0.15) is 13.3 Å². The maximum Gasteiger partial charge on any atom is 0.0786 e. The van der Waals surface area contributed by atoms with E-state index in [1.807, 2.05) is 0 Å². The number of hydrogen-bond acceptors (Lipinski definition) is 4. The van der Waals surface area contributed by atoms with E-state index in [0.29, 0.717) is 0 Å². The third-order valence-corrected chi connectivity index (χ3v) is 1.37. The second kappa shape index (κ2) is 4.62. The van der Waals surface area contributed by atoms with Gasteiger partial charge >= 0.3 is 0 Å². The maximum absolute atomic E-state index is 8.85. The van der Waals surface area contributed by atoms with Gasteiger partial charge in [-0.25, -0.2) is 0 Å². The molecule has 0 aliphatic carbocycles. The summed E-state index contributed by atoms with van der Waals surface area (Å²) in [6.45, 7) is 1.25. The standard InChI is InChI=1S/C6H15NO3/c1-4(9)6(7)2-5(10)3-8/h4-6,8-10H,2-3,7H2,1H3. The number of hydrogen-bond donors (Lipinski definition) is 4. The summed E-state index contributed by atoms with van der Waals surface area (Å²) in [6.07, 6.45) is -1.22. The summed E-state index contributed by atoms with van der Waals surface area (Å²) in [5.74, 6) is 0. The fraction of sp³-hybridized carbons (Fsp3) is 1.00. The van der Waals surface area contributed by atoms with Crippen LogP contribution in [0, 0.1) is 0 Å². The first-order valence-corrected chi connectivity index (χ1v) is 3.30. The number of aliphatic hydroxyl groups excluding tert-OH is 3. The number of aliphatic hydroxyl groups is 3. The minimum Gasteiger partial charge on any atom is -0.394 e. The Morgan fingerprint density at radius 1 is 1.40 bits per heavy atom. The minimum atomic E-state index is -0.815. The first-order valence-electron chi connectivity index (χ1n) is 3.30. The van der Waals surface area contributed by atoms with Crippen LogP contribution in [0.2, 0.25) is 0 Å². The van der Waals surface area contributed by atoms with Gasteiger partial charge in [-0.1, -0.05) is 0 Å². The van der Waals surface area contributed by atoms with Crippen molar-refractivity contribution in [3.63, 3.8) is 0 Å². The molecule has 0 spiro atoms. The number of nitrogens with two attached hydrogens (primary N) is 1. The second-order valence-corrected chi connectivity index (χ2v) is 2.48. The Morgan fingerprint density at radius 3 is 2.20 bits per heavy atom. The Labute approximate surface area is 60.3 Å². The highest BCUT2D eigenvalue weighted by Crippen LogP contribution is 1.99. The van der Waals surface area contributed by atoms with Crippen molar-refractivity contribution in [3.05, 3.63) is 0 Å². The average Bonchev–Trinajstić information content (AvgIpc) is 1.87. The lowest BCUT2D eigenvalue weighted by Crippen LogP contribution is -2.36. The lowest BCUT2D eigenvalue weighted by Gasteiger charge is -2.16. The molecular formula is C6H15NO3. The molecule has 0 fully saturated rings. The maximum atomic E-state index is 8.85. The van der Waals surface area contributed by atoms with Crippen LogP contribution >= 0.6 is 0 Å². The van der Waals surface area contributed by atoms with Crippen LogP contribution in [-0.4, -0.2) is 40.2 Å². The summed E-state index contributed by atoms with van der Waals surface area (Å²) >= 11 is 0. The van der Waals surface area contributed by atoms with E-state index < -0.39 is 18.2 Å². The van der Waals surface area contributed by atoms with E-state index in [4.69, 9.17) is 21.1 Å². The molecule has 0 saturated carbocycles. The van der Waals surface area contributed by atoms with Crippen LogP contribution < -0.4 is 5.73 Å². The molecular weight excluding hydrogens is 134 g/mol. The van der Waals surface area contributed by atoms with Crippen molar-refractivity contribution in [2.45, 2.75) is 31.6 Å². The highest BCUT2D eigenvalue weighted by Gasteiger charge is 2.13. The molecule has 62 valence electrons. The molecule has 0 saturated heterocycles. The van der Waals surface area contributed by atoms with Gasteiger partial charge in [0.15, 0.2) is 0 Å². The van der Waals surface area contributed by atoms with Crippen LogP contribution in [0.15, 0.2) is 0 Å². The Bertz CT molecular complexity index is 87.1. The molecule has 0 aromatic heterocycles. The van der Waals surface area contributed by atoms with Gasteiger partial charge in [-0.15, -0.1) is 0 Å². The molecule has 3 atom stereocenters. The molecule has 0 radical (unpaired) electrons. The first kappa shape index (κ1) is 9.84. The van der Waals surface area contributed by atoms with Gasteiger partial charge in [0.2, 0.25) is 0 Å². The molecule has 0 aliphatic heterocycles. The van der Waals surface area contributed by atoms with Crippen LogP contribution in [-0.2, 0) is 0 Å². The topological polar surface area (TPSA) is 86.7 Å². The van der Waals surface area contributed by atoms with Gasteiger partial charge in [0.05, 0.1) is 18.8 Å². The molecule has 4 nitrogen and oxygen atoms in total. The van der Waals surface area contributed by atoms with E-state index >= 15 is 0 Å². The van der Waals surface area contributed by atoms with E-state index in [1.54, 1.807) is 6.92 Å². The van der Waals surface area contributed by atoms with E-state index in [-0.39, 0.29) is 13.0 Å². The van der Waals surface area contributed by atoms with Crippen LogP contribution in [0.25, 0.3) is 0 Å². The van der Waals surface area contributed by atoms with Crippen molar-refractivity contribution in [2.24, 2.45) is 5.73 Å². The molecule has 0 bridgehead atoms. The van der Waals surface area contributed by atoms with E-state index in [0.717, 1.165) is 0 Å². The van der Waals surface area contributed by atoms with Crippen molar-refractivity contribution in [1.82, 2.24) is 0 Å². The molecule has 0 amide bonds. The van der Waals surface area contributed by atoms with Crippen LogP contribution in [0.4, 0.5) is 0 Å². The molecule has 3 unspecified atom stereocenters. The van der Waals surface area contributed by atoms with Gasteiger partial charge < -0.3 is 21.1 Å². The fourth-order valence-corrected chi connectivity index (χ4v) is 0.586. The largest absolute Gasteiger partial charge is 0.394 e. The summed E-state index contributed by atoms with van der Waals surface area (Å²) in [4.78, 5) is 0. The zero-order valence-electron chi connectivity index (χ0n) is 6.07. The molecule has 0 rings (SSSR count). The van der Waals surface area contributed by atoms with E-state index in [1.165, 1.54) is 0 Å². The van der Waals surface area contributed by atoms with Gasteiger partial charge in [0.1, 0.15) is 0 Å². The molecule has 0 heterocycles. The van der Waals surface area contributed by atoms with Crippen molar-refractivity contribution < 1.29 is 15.3 Å². The molecule has 0 aromatic rings. The fourth-order valence-electron chi connectivity index (χ4n) is 0.586. The quantitative estimate of drug-likeness (QED) is 0.389. The molecule has 0 aliphatic rings. The minimum absolute atomic E-state index is 0.230. The monoisotopic (exact) mass is 149 g/mol. The normalized spacial score (nSPS) is 20.1. The van der Waals surface area contributed by atoms with Gasteiger partial charge in [0, 0.05) is 6.04 Å². The van der Waals surface area contributed by atoms with Crippen molar-refractivity contribution >= 4 is 0 Å². The van der Waals surface area contributed by atoms with Gasteiger partial charge in [-0.05, 0) is 13.3 Å². The first-order chi connectivity index (χ1) is 4.57. The Morgan fingerprint density at radius 2 is 1.90 bits per heavy atom. The average molecular weight is 149 g/mol. The predicted octanol–water partition coefficient (Wildman–Crippen LogP) is -1.56. The summed E-state index contributed by atoms with van der Waals surface area (Å²) in [5, 5.41) is 26.1. The third kappa shape index (κ3) is 3.79. The molecule has 4 heteroatoms. The molecule has 10 heavy (non-hydrogen) atoms. The lowest BCUT2D eigenvalue weighted by molar-refractivity contribution is 0.0621. The Balaban J connectivity index is 3.46. The van der Waals surface area contributed by atoms with Gasteiger partial charge in [-0.2, -0.15) is 0 Å². The van der Waals surface area contributed by atoms with Gasteiger partial charge in [0.25, 0.3) is 0 Å². The highest BCUT2D eigenvalue weighted by molar-refractivity contribution is 4.71. The summed E-state index contributed by atoms with van der Waals surface area (Å²) in [6, 6.07) is -0.456. The SMILES string of the molecule is CC(O)C(N)CC(O)CO. The Hall–Kier alpha value is -0.160. The molecule has 5 N–H and O–H groups in total.